The lowest BCUT2D eigenvalue weighted by molar-refractivity contribution is -0.137. The average molecular weight is 189 g/mol. The Bertz CT molecular complexity index is 362. The molecule has 3 heteroatoms. The number of aliphatic carboxylic acids is 1. The largest absolute Gasteiger partial charge is 0.480 e. The third-order valence-electron chi connectivity index (χ3n) is 1.81. The topological polar surface area (TPSA) is 49.3 Å². The molecule has 1 aromatic carbocycles. The number of carboxylic acids is 1. The van der Waals surface area contributed by atoms with Gasteiger partial charge in [-0.3, -0.25) is 4.79 Å². The first kappa shape index (κ1) is 10.1. The van der Waals surface area contributed by atoms with Crippen molar-refractivity contribution in [2.75, 3.05) is 5.32 Å². The third-order valence-corrected chi connectivity index (χ3v) is 1.81. The minimum absolute atomic E-state index is 0.605. The minimum Gasteiger partial charge on any atom is -0.480 e. The van der Waals surface area contributed by atoms with Gasteiger partial charge in [0, 0.05) is 11.3 Å². The normalized spacial score (nSPS) is 11.4. The summed E-state index contributed by atoms with van der Waals surface area (Å²) >= 11 is 0. The number of hydrogen-bond acceptors (Lipinski definition) is 2. The smallest absolute Gasteiger partial charge is 0.325 e. The maximum Gasteiger partial charge on any atom is 0.325 e. The molecule has 0 bridgehead atoms. The lowest BCUT2D eigenvalue weighted by atomic mass is 10.2. The standard InChI is InChI=1S/C11H11NO2/c1-3-9-4-6-10(7-5-9)12-8(2)11(13)14/h1,4-8,12H,2H3,(H,13,14). The summed E-state index contributed by atoms with van der Waals surface area (Å²) in [5.41, 5.74) is 1.53. The van der Waals surface area contributed by atoms with Crippen LogP contribution in [0.1, 0.15) is 12.5 Å². The Kier molecular flexibility index (Phi) is 3.14. The van der Waals surface area contributed by atoms with Gasteiger partial charge < -0.3 is 10.4 Å². The van der Waals surface area contributed by atoms with Gasteiger partial charge in [0.1, 0.15) is 6.04 Å². The maximum absolute atomic E-state index is 10.5. The van der Waals surface area contributed by atoms with Gasteiger partial charge in [-0.25, -0.2) is 0 Å². The molecule has 0 heterocycles. The van der Waals surface area contributed by atoms with Gasteiger partial charge in [-0.05, 0) is 31.2 Å². The number of rotatable bonds is 3. The molecule has 1 aromatic rings. The second kappa shape index (κ2) is 4.33. The fraction of sp³-hybridized carbons (Fsp3) is 0.182. The van der Waals surface area contributed by atoms with E-state index in [2.05, 4.69) is 11.2 Å². The summed E-state index contributed by atoms with van der Waals surface area (Å²) < 4.78 is 0. The molecule has 0 amide bonds. The van der Waals surface area contributed by atoms with Crippen LogP contribution < -0.4 is 5.32 Å². The summed E-state index contributed by atoms with van der Waals surface area (Å²) in [5.74, 6) is 1.60. The highest BCUT2D eigenvalue weighted by atomic mass is 16.4. The van der Waals surface area contributed by atoms with Gasteiger partial charge in [0.15, 0.2) is 0 Å². The molecule has 1 atom stereocenters. The number of nitrogens with one attached hydrogen (secondary N) is 1. The molecule has 0 aliphatic heterocycles. The van der Waals surface area contributed by atoms with E-state index < -0.39 is 12.0 Å². The van der Waals surface area contributed by atoms with Crippen LogP contribution in [0.2, 0.25) is 0 Å². The van der Waals surface area contributed by atoms with E-state index >= 15 is 0 Å². The zero-order valence-electron chi connectivity index (χ0n) is 7.82. The molecular weight excluding hydrogens is 178 g/mol. The van der Waals surface area contributed by atoms with Crippen LogP contribution in [0.4, 0.5) is 5.69 Å². The van der Waals surface area contributed by atoms with Crippen LogP contribution in [-0.4, -0.2) is 17.1 Å². The van der Waals surface area contributed by atoms with E-state index in [1.807, 2.05) is 0 Å². The van der Waals surface area contributed by atoms with Crippen molar-refractivity contribution in [2.45, 2.75) is 13.0 Å². The Morgan fingerprint density at radius 3 is 2.50 bits per heavy atom. The fourth-order valence-electron chi connectivity index (χ4n) is 0.974. The predicted molar refractivity (Wildman–Crippen MR) is 55.1 cm³/mol. The van der Waals surface area contributed by atoms with Gasteiger partial charge in [-0.15, -0.1) is 6.42 Å². The number of terminal acetylenes is 1. The van der Waals surface area contributed by atoms with E-state index in [9.17, 15) is 4.79 Å². The first-order valence-corrected chi connectivity index (χ1v) is 4.19. The number of anilines is 1. The lowest BCUT2D eigenvalue weighted by Gasteiger charge is -2.10. The number of carboxylic acid groups (broad SMARTS) is 1. The summed E-state index contributed by atoms with van der Waals surface area (Å²) in [7, 11) is 0. The summed E-state index contributed by atoms with van der Waals surface area (Å²) in [6.45, 7) is 1.58. The molecule has 0 aliphatic rings. The van der Waals surface area contributed by atoms with E-state index in [0.717, 1.165) is 11.3 Å². The highest BCUT2D eigenvalue weighted by molar-refractivity contribution is 5.76. The van der Waals surface area contributed by atoms with Crippen LogP contribution in [0.25, 0.3) is 0 Å². The molecule has 0 fully saturated rings. The van der Waals surface area contributed by atoms with Crippen molar-refractivity contribution in [1.29, 1.82) is 0 Å². The molecule has 0 aromatic heterocycles. The molecule has 2 N–H and O–H groups in total. The van der Waals surface area contributed by atoms with Crippen LogP contribution in [-0.2, 0) is 4.79 Å². The van der Waals surface area contributed by atoms with Crippen molar-refractivity contribution in [1.82, 2.24) is 0 Å². The highest BCUT2D eigenvalue weighted by Gasteiger charge is 2.09. The van der Waals surface area contributed by atoms with Crippen LogP contribution >= 0.6 is 0 Å². The van der Waals surface area contributed by atoms with Gasteiger partial charge in [0.25, 0.3) is 0 Å². The number of hydrogen-bond donors (Lipinski definition) is 2. The minimum atomic E-state index is -0.883. The first-order valence-electron chi connectivity index (χ1n) is 4.19. The van der Waals surface area contributed by atoms with Gasteiger partial charge in [0.2, 0.25) is 0 Å². The zero-order valence-corrected chi connectivity index (χ0v) is 7.82. The summed E-state index contributed by atoms with van der Waals surface area (Å²) in [6, 6.07) is 6.43. The van der Waals surface area contributed by atoms with Gasteiger partial charge >= 0.3 is 5.97 Å². The quantitative estimate of drug-likeness (QED) is 0.709. The second-order valence-corrected chi connectivity index (χ2v) is 2.93. The van der Waals surface area contributed by atoms with Crippen molar-refractivity contribution in [3.63, 3.8) is 0 Å². The fourth-order valence-corrected chi connectivity index (χ4v) is 0.974. The van der Waals surface area contributed by atoms with Crippen LogP contribution in [0.3, 0.4) is 0 Å². The van der Waals surface area contributed by atoms with E-state index in [1.165, 1.54) is 0 Å². The molecule has 14 heavy (non-hydrogen) atoms. The summed E-state index contributed by atoms with van der Waals surface area (Å²) in [6.07, 6.45) is 5.18. The van der Waals surface area contributed by atoms with Crippen LogP contribution in [0.5, 0.6) is 0 Å². The monoisotopic (exact) mass is 189 g/mol. The van der Waals surface area contributed by atoms with Crippen molar-refractivity contribution in [2.24, 2.45) is 0 Å². The van der Waals surface area contributed by atoms with Crippen LogP contribution in [0.15, 0.2) is 24.3 Å². The predicted octanol–water partition coefficient (Wildman–Crippen LogP) is 1.55. The SMILES string of the molecule is C#Cc1ccc(NC(C)C(=O)O)cc1. The van der Waals surface area contributed by atoms with Crippen molar-refractivity contribution in [3.8, 4) is 12.3 Å². The molecule has 0 saturated carbocycles. The Morgan fingerprint density at radius 2 is 2.07 bits per heavy atom. The lowest BCUT2D eigenvalue weighted by Crippen LogP contribution is -2.25. The van der Waals surface area contributed by atoms with E-state index in [4.69, 9.17) is 11.5 Å². The maximum atomic E-state index is 10.5. The third kappa shape index (κ3) is 2.53. The average Bonchev–Trinajstić information content (AvgIpc) is 2.19. The molecule has 0 spiro atoms. The molecule has 72 valence electrons. The number of benzene rings is 1. The number of carbonyl (C=O) groups is 1. The van der Waals surface area contributed by atoms with Crippen molar-refractivity contribution < 1.29 is 9.90 Å². The first-order chi connectivity index (χ1) is 6.63. The van der Waals surface area contributed by atoms with Gasteiger partial charge in [0.05, 0.1) is 0 Å². The summed E-state index contributed by atoms with van der Waals surface area (Å²) in [5, 5.41) is 11.5. The Labute approximate surface area is 82.8 Å². The second-order valence-electron chi connectivity index (χ2n) is 2.93. The Balaban J connectivity index is 2.70. The van der Waals surface area contributed by atoms with E-state index in [0.29, 0.717) is 0 Å². The summed E-state index contributed by atoms with van der Waals surface area (Å²) in [4.78, 5) is 10.5. The molecule has 0 saturated heterocycles. The van der Waals surface area contributed by atoms with Gasteiger partial charge in [-0.1, -0.05) is 5.92 Å². The Morgan fingerprint density at radius 1 is 1.50 bits per heavy atom. The molecule has 0 radical (unpaired) electrons. The van der Waals surface area contributed by atoms with Crippen LogP contribution in [0, 0.1) is 12.3 Å². The molecular formula is C11H11NO2. The van der Waals surface area contributed by atoms with E-state index in [1.54, 1.807) is 31.2 Å². The van der Waals surface area contributed by atoms with E-state index in [-0.39, 0.29) is 0 Å². The molecule has 1 rings (SSSR count). The molecule has 0 aliphatic carbocycles. The zero-order chi connectivity index (χ0) is 10.6. The highest BCUT2D eigenvalue weighted by Crippen LogP contribution is 2.09. The molecule has 1 unspecified atom stereocenters. The van der Waals surface area contributed by atoms with Gasteiger partial charge in [-0.2, -0.15) is 0 Å². The van der Waals surface area contributed by atoms with Crippen molar-refractivity contribution in [3.05, 3.63) is 29.8 Å². The Hall–Kier alpha value is -1.95. The van der Waals surface area contributed by atoms with Crippen molar-refractivity contribution >= 4 is 11.7 Å². The molecule has 3 nitrogen and oxygen atoms in total.